The van der Waals surface area contributed by atoms with Gasteiger partial charge in [0, 0.05) is 48.3 Å². The number of benzene rings is 1. The summed E-state index contributed by atoms with van der Waals surface area (Å²) >= 11 is 1.78. The number of amides is 1. The number of hydrogen-bond donors (Lipinski definition) is 2. The Balaban J connectivity index is 1.93. The molecule has 8 heteroatoms. The van der Waals surface area contributed by atoms with E-state index in [-0.39, 0.29) is 17.6 Å². The summed E-state index contributed by atoms with van der Waals surface area (Å²) in [7, 11) is 0. The summed E-state index contributed by atoms with van der Waals surface area (Å²) in [6.07, 6.45) is 0.297. The van der Waals surface area contributed by atoms with Crippen molar-refractivity contribution in [3.05, 3.63) is 34.1 Å². The van der Waals surface area contributed by atoms with Gasteiger partial charge in [-0.05, 0) is 6.07 Å². The zero-order valence-electron chi connectivity index (χ0n) is 10.6. The van der Waals surface area contributed by atoms with Gasteiger partial charge in [0.2, 0.25) is 11.7 Å². The van der Waals surface area contributed by atoms with E-state index in [2.05, 4.69) is 10.6 Å². The maximum atomic E-state index is 13.4. The monoisotopic (exact) mass is 299 g/mol. The molecule has 0 aliphatic carbocycles. The van der Waals surface area contributed by atoms with Crippen LogP contribution in [0, 0.1) is 15.9 Å². The Morgan fingerprint density at radius 1 is 1.60 bits per heavy atom. The average Bonchev–Trinajstić information content (AvgIpc) is 2.39. The molecule has 0 radical (unpaired) electrons. The number of rotatable bonds is 4. The molecule has 0 spiro atoms. The lowest BCUT2D eigenvalue weighted by Crippen LogP contribution is -2.39. The van der Waals surface area contributed by atoms with E-state index in [4.69, 9.17) is 0 Å². The summed E-state index contributed by atoms with van der Waals surface area (Å²) in [4.78, 5) is 21.5. The number of halogens is 1. The van der Waals surface area contributed by atoms with Crippen molar-refractivity contribution in [1.82, 2.24) is 5.32 Å². The van der Waals surface area contributed by atoms with Crippen molar-refractivity contribution in [3.63, 3.8) is 0 Å². The summed E-state index contributed by atoms with van der Waals surface area (Å²) in [5.41, 5.74) is -0.380. The van der Waals surface area contributed by atoms with Crippen LogP contribution in [0.1, 0.15) is 6.42 Å². The molecular weight excluding hydrogens is 285 g/mol. The molecule has 6 nitrogen and oxygen atoms in total. The number of thioether (sulfide) groups is 1. The number of hydrogen-bond acceptors (Lipinski definition) is 5. The molecule has 108 valence electrons. The molecule has 0 bridgehead atoms. The highest BCUT2D eigenvalue weighted by atomic mass is 32.2. The first-order valence-corrected chi connectivity index (χ1v) is 7.26. The Morgan fingerprint density at radius 2 is 2.40 bits per heavy atom. The highest BCUT2D eigenvalue weighted by Gasteiger charge is 2.18. The second-order valence-corrected chi connectivity index (χ2v) is 5.55. The highest BCUT2D eigenvalue weighted by Crippen LogP contribution is 2.21. The molecule has 1 aliphatic heterocycles. The van der Waals surface area contributed by atoms with Gasteiger partial charge in [-0.15, -0.1) is 0 Å². The molecule has 1 atom stereocenters. The van der Waals surface area contributed by atoms with Gasteiger partial charge in [0.05, 0.1) is 4.92 Å². The Morgan fingerprint density at radius 3 is 3.00 bits per heavy atom. The van der Waals surface area contributed by atoms with E-state index in [0.717, 1.165) is 30.2 Å². The predicted molar refractivity (Wildman–Crippen MR) is 75.4 cm³/mol. The lowest BCUT2D eigenvalue weighted by atomic mass is 10.2. The summed E-state index contributed by atoms with van der Waals surface area (Å²) in [5.74, 6) is 0.700. The van der Waals surface area contributed by atoms with Gasteiger partial charge in [0.25, 0.3) is 0 Å². The zero-order chi connectivity index (χ0) is 14.5. The molecule has 20 heavy (non-hydrogen) atoms. The maximum Gasteiger partial charge on any atom is 0.304 e. The van der Waals surface area contributed by atoms with Crippen LogP contribution in [0.3, 0.4) is 0 Å². The van der Waals surface area contributed by atoms with Crippen molar-refractivity contribution in [2.45, 2.75) is 12.5 Å². The van der Waals surface area contributed by atoms with Gasteiger partial charge < -0.3 is 10.6 Å². The minimum absolute atomic E-state index is 0.108. The Hall–Kier alpha value is -1.67. The van der Waals surface area contributed by atoms with E-state index < -0.39 is 16.4 Å². The van der Waals surface area contributed by atoms with Gasteiger partial charge >= 0.3 is 5.69 Å². The van der Waals surface area contributed by atoms with Crippen LogP contribution in [-0.4, -0.2) is 34.9 Å². The van der Waals surface area contributed by atoms with Crippen LogP contribution in [0.2, 0.25) is 0 Å². The van der Waals surface area contributed by atoms with Crippen LogP contribution < -0.4 is 10.6 Å². The van der Waals surface area contributed by atoms with Crippen molar-refractivity contribution >= 4 is 29.0 Å². The molecule has 2 rings (SSSR count). The Labute approximate surface area is 119 Å². The van der Waals surface area contributed by atoms with Crippen LogP contribution >= 0.6 is 11.8 Å². The minimum Gasteiger partial charge on any atom is -0.326 e. The van der Waals surface area contributed by atoms with Gasteiger partial charge in [0.1, 0.15) is 0 Å². The quantitative estimate of drug-likeness (QED) is 0.654. The fourth-order valence-corrected chi connectivity index (χ4v) is 2.87. The van der Waals surface area contributed by atoms with Gasteiger partial charge in [-0.3, -0.25) is 14.9 Å². The molecule has 1 aromatic rings. The number of nitro groups is 1. The molecule has 1 aromatic carbocycles. The van der Waals surface area contributed by atoms with E-state index >= 15 is 0 Å². The number of nitro benzene ring substituents is 1. The minimum atomic E-state index is -0.959. The maximum absolute atomic E-state index is 13.4. The van der Waals surface area contributed by atoms with Crippen LogP contribution in [0.25, 0.3) is 0 Å². The third kappa shape index (κ3) is 3.91. The van der Waals surface area contributed by atoms with Crippen molar-refractivity contribution in [2.24, 2.45) is 0 Å². The summed E-state index contributed by atoms with van der Waals surface area (Å²) in [6.45, 7) is 0.870. The van der Waals surface area contributed by atoms with Crippen molar-refractivity contribution in [3.8, 4) is 0 Å². The lowest BCUT2D eigenvalue weighted by Gasteiger charge is -2.22. The molecule has 1 amide bonds. The zero-order valence-corrected chi connectivity index (χ0v) is 11.4. The van der Waals surface area contributed by atoms with E-state index in [1.165, 1.54) is 6.07 Å². The van der Waals surface area contributed by atoms with Gasteiger partial charge in [0.15, 0.2) is 0 Å². The van der Waals surface area contributed by atoms with Crippen molar-refractivity contribution < 1.29 is 14.1 Å². The van der Waals surface area contributed by atoms with E-state index in [9.17, 15) is 19.3 Å². The first-order valence-electron chi connectivity index (χ1n) is 6.11. The van der Waals surface area contributed by atoms with Gasteiger partial charge in [-0.2, -0.15) is 16.2 Å². The fourth-order valence-electron chi connectivity index (χ4n) is 1.92. The number of anilines is 1. The molecular formula is C12H14FN3O3S. The Bertz CT molecular complexity index is 521. The molecule has 2 N–H and O–H groups in total. The summed E-state index contributed by atoms with van der Waals surface area (Å²) in [5, 5.41) is 16.3. The summed E-state index contributed by atoms with van der Waals surface area (Å²) < 4.78 is 13.4. The van der Waals surface area contributed by atoms with Crippen LogP contribution in [0.15, 0.2) is 18.2 Å². The molecule has 0 aromatic heterocycles. The Kier molecular flexibility index (Phi) is 4.91. The first-order chi connectivity index (χ1) is 9.56. The smallest absolute Gasteiger partial charge is 0.304 e. The number of nitrogens with zero attached hydrogens (tertiary/aromatic N) is 1. The molecule has 1 saturated heterocycles. The second kappa shape index (κ2) is 6.67. The molecule has 1 unspecified atom stereocenters. The fraction of sp³-hybridized carbons (Fsp3) is 0.417. The first kappa shape index (κ1) is 14.7. The van der Waals surface area contributed by atoms with Gasteiger partial charge in [-0.1, -0.05) is 0 Å². The molecule has 1 heterocycles. The van der Waals surface area contributed by atoms with Crippen LogP contribution in [0.5, 0.6) is 0 Å². The van der Waals surface area contributed by atoms with Crippen molar-refractivity contribution in [1.29, 1.82) is 0 Å². The number of carbonyl (C=O) groups excluding carboxylic acids is 1. The lowest BCUT2D eigenvalue weighted by molar-refractivity contribution is -0.387. The van der Waals surface area contributed by atoms with Crippen LogP contribution in [0.4, 0.5) is 15.8 Å². The third-order valence-electron chi connectivity index (χ3n) is 2.86. The standard InChI is InChI=1S/C12H14FN3O3S/c13-10-5-8(1-2-11(10)16(18)19)15-12(17)6-9-7-20-4-3-14-9/h1-2,5,9,14H,3-4,6-7H2,(H,15,17). The molecule has 1 fully saturated rings. The largest absolute Gasteiger partial charge is 0.326 e. The van der Waals surface area contributed by atoms with Crippen LogP contribution in [-0.2, 0) is 4.79 Å². The van der Waals surface area contributed by atoms with Gasteiger partial charge in [-0.25, -0.2) is 0 Å². The average molecular weight is 299 g/mol. The van der Waals surface area contributed by atoms with Crippen molar-refractivity contribution in [2.75, 3.05) is 23.4 Å². The normalized spacial score (nSPS) is 18.6. The highest BCUT2D eigenvalue weighted by molar-refractivity contribution is 7.99. The predicted octanol–water partition coefficient (Wildman–Crippen LogP) is 1.77. The SMILES string of the molecule is O=C(CC1CSCCN1)Nc1ccc([N+](=O)[O-])c(F)c1. The van der Waals surface area contributed by atoms with E-state index in [1.54, 1.807) is 11.8 Å². The van der Waals surface area contributed by atoms with E-state index in [1.807, 2.05) is 0 Å². The molecule has 0 saturated carbocycles. The third-order valence-corrected chi connectivity index (χ3v) is 3.99. The molecule has 1 aliphatic rings. The summed E-state index contributed by atoms with van der Waals surface area (Å²) in [6, 6.07) is 3.43. The number of nitrogens with one attached hydrogen (secondary N) is 2. The topological polar surface area (TPSA) is 84.3 Å². The number of carbonyl (C=O) groups is 1. The van der Waals surface area contributed by atoms with E-state index in [0.29, 0.717) is 6.42 Å². The second-order valence-electron chi connectivity index (χ2n) is 4.40.